The Kier molecular flexibility index (Phi) is 9.33. The minimum absolute atomic E-state index is 0.0469. The lowest BCUT2D eigenvalue weighted by molar-refractivity contribution is -0.120. The molecule has 0 saturated heterocycles. The third kappa shape index (κ3) is 6.73. The molecule has 3 N–H and O–H groups in total. The first-order valence-corrected chi connectivity index (χ1v) is 12.3. The summed E-state index contributed by atoms with van der Waals surface area (Å²) in [4.78, 5) is 12.5. The number of hydrazone groups is 1. The number of allylic oxidation sites excluding steroid dienone is 1. The van der Waals surface area contributed by atoms with E-state index in [1.165, 1.54) is 25.1 Å². The van der Waals surface area contributed by atoms with Gasteiger partial charge in [-0.3, -0.25) is 4.79 Å². The molecule has 0 aliphatic heterocycles. The maximum atomic E-state index is 12.5. The van der Waals surface area contributed by atoms with Crippen molar-refractivity contribution in [3.05, 3.63) is 70.1 Å². The van der Waals surface area contributed by atoms with Gasteiger partial charge in [0.25, 0.3) is 5.91 Å². The van der Waals surface area contributed by atoms with Gasteiger partial charge < -0.3 is 19.7 Å². The second-order valence-electron chi connectivity index (χ2n) is 7.05. The molecule has 9 nitrogen and oxygen atoms in total. The fourth-order valence-corrected chi connectivity index (χ4v) is 4.11. The van der Waals surface area contributed by atoms with Crippen LogP contribution in [-0.2, 0) is 17.9 Å². The Balaban J connectivity index is 1.61. The fraction of sp³-hybridized carbons (Fsp3) is 0.217. The summed E-state index contributed by atoms with van der Waals surface area (Å²) in [6.45, 7) is 6.57. The molecule has 1 aromatic heterocycles. The van der Waals surface area contributed by atoms with E-state index in [4.69, 9.17) is 4.74 Å². The summed E-state index contributed by atoms with van der Waals surface area (Å²) in [5.41, 5.74) is 3.90. The summed E-state index contributed by atoms with van der Waals surface area (Å²) >= 11 is 3.54. The van der Waals surface area contributed by atoms with Gasteiger partial charge in [-0.1, -0.05) is 23.9 Å². The summed E-state index contributed by atoms with van der Waals surface area (Å²) in [6, 6.07) is 13.1. The Morgan fingerprint density at radius 1 is 1.32 bits per heavy atom. The molecular formula is C23H25IN6O3S. The molecule has 0 spiro atoms. The summed E-state index contributed by atoms with van der Waals surface area (Å²) in [7, 11) is 1.46. The lowest BCUT2D eigenvalue weighted by atomic mass is 10.2. The number of hydrogen-bond donors (Lipinski definition) is 3. The van der Waals surface area contributed by atoms with Crippen molar-refractivity contribution in [1.29, 1.82) is 0 Å². The minimum Gasteiger partial charge on any atom is -0.504 e. The number of anilines is 1. The number of halogens is 1. The smallest absolute Gasteiger partial charge is 0.253 e. The van der Waals surface area contributed by atoms with Crippen molar-refractivity contribution in [3.8, 4) is 11.5 Å². The summed E-state index contributed by atoms with van der Waals surface area (Å²) in [6.07, 6.45) is 3.12. The number of rotatable bonds is 11. The molecule has 0 bridgehead atoms. The van der Waals surface area contributed by atoms with Crippen molar-refractivity contribution >= 4 is 52.2 Å². The van der Waals surface area contributed by atoms with Crippen LogP contribution in [0.5, 0.6) is 11.5 Å². The van der Waals surface area contributed by atoms with Gasteiger partial charge in [0.2, 0.25) is 0 Å². The molecule has 3 aromatic rings. The van der Waals surface area contributed by atoms with E-state index in [1.807, 2.05) is 28.8 Å². The number of aromatic nitrogens is 3. The largest absolute Gasteiger partial charge is 0.504 e. The minimum atomic E-state index is -0.485. The number of hydrogen-bond acceptors (Lipinski definition) is 8. The number of thioether (sulfide) groups is 1. The van der Waals surface area contributed by atoms with Gasteiger partial charge >= 0.3 is 0 Å². The Labute approximate surface area is 215 Å². The predicted molar refractivity (Wildman–Crippen MR) is 142 cm³/mol. The molecule has 11 heteroatoms. The van der Waals surface area contributed by atoms with E-state index < -0.39 is 5.25 Å². The van der Waals surface area contributed by atoms with Crippen LogP contribution in [0.1, 0.15) is 18.3 Å². The van der Waals surface area contributed by atoms with Crippen LogP contribution in [0.4, 0.5) is 5.69 Å². The zero-order valence-corrected chi connectivity index (χ0v) is 21.7. The first kappa shape index (κ1) is 25.6. The molecule has 1 unspecified atom stereocenters. The highest BCUT2D eigenvalue weighted by Crippen LogP contribution is 2.28. The third-order valence-electron chi connectivity index (χ3n) is 4.68. The second kappa shape index (κ2) is 12.4. The average Bonchev–Trinajstić information content (AvgIpc) is 3.21. The van der Waals surface area contributed by atoms with Crippen molar-refractivity contribution in [2.24, 2.45) is 5.10 Å². The van der Waals surface area contributed by atoms with Crippen molar-refractivity contribution in [2.75, 3.05) is 12.4 Å². The summed E-state index contributed by atoms with van der Waals surface area (Å²) in [5.74, 6) is 0.706. The van der Waals surface area contributed by atoms with Gasteiger partial charge in [-0.2, -0.15) is 5.10 Å². The zero-order chi connectivity index (χ0) is 24.5. The first-order valence-electron chi connectivity index (χ1n) is 10.3. The number of methoxy groups -OCH3 is 1. The number of ether oxygens (including phenoxy) is 1. The van der Waals surface area contributed by atoms with Gasteiger partial charge in [0, 0.05) is 21.4 Å². The number of phenols is 1. The van der Waals surface area contributed by atoms with Crippen molar-refractivity contribution in [3.63, 3.8) is 0 Å². The highest BCUT2D eigenvalue weighted by molar-refractivity contribution is 14.1. The number of nitrogens with one attached hydrogen (secondary N) is 2. The summed E-state index contributed by atoms with van der Waals surface area (Å²) < 4.78 is 8.14. The van der Waals surface area contributed by atoms with Crippen molar-refractivity contribution in [1.82, 2.24) is 20.2 Å². The van der Waals surface area contributed by atoms with E-state index in [9.17, 15) is 9.90 Å². The van der Waals surface area contributed by atoms with Crippen molar-refractivity contribution in [2.45, 2.75) is 30.4 Å². The van der Waals surface area contributed by atoms with Crippen molar-refractivity contribution < 1.29 is 14.6 Å². The van der Waals surface area contributed by atoms with Crippen LogP contribution in [0, 0.1) is 3.57 Å². The Hall–Kier alpha value is -3.06. The molecule has 0 saturated carbocycles. The highest BCUT2D eigenvalue weighted by Gasteiger charge is 2.19. The Morgan fingerprint density at radius 3 is 2.79 bits per heavy atom. The van der Waals surface area contributed by atoms with Crippen LogP contribution >= 0.6 is 34.4 Å². The number of aromatic hydroxyl groups is 1. The van der Waals surface area contributed by atoms with E-state index in [-0.39, 0.29) is 11.7 Å². The van der Waals surface area contributed by atoms with Gasteiger partial charge in [0.15, 0.2) is 22.5 Å². The van der Waals surface area contributed by atoms with Gasteiger partial charge in [-0.05, 0) is 65.9 Å². The van der Waals surface area contributed by atoms with E-state index in [0.717, 1.165) is 15.1 Å². The van der Waals surface area contributed by atoms with E-state index in [0.29, 0.717) is 29.6 Å². The quantitative estimate of drug-likeness (QED) is 0.101. The van der Waals surface area contributed by atoms with Gasteiger partial charge in [0.1, 0.15) is 0 Å². The molecule has 0 aliphatic carbocycles. The highest BCUT2D eigenvalue weighted by atomic mass is 127. The monoisotopic (exact) mass is 592 g/mol. The maximum Gasteiger partial charge on any atom is 0.253 e. The number of carbonyl (C=O) groups excluding carboxylic acids is 1. The van der Waals surface area contributed by atoms with E-state index in [2.05, 4.69) is 55.2 Å². The molecular weight excluding hydrogens is 567 g/mol. The zero-order valence-electron chi connectivity index (χ0n) is 18.7. The molecule has 178 valence electrons. The molecule has 0 fully saturated rings. The molecule has 1 heterocycles. The molecule has 1 amide bonds. The number of nitrogens with zero attached hydrogens (tertiary/aromatic N) is 4. The normalized spacial score (nSPS) is 11.9. The molecule has 0 radical (unpaired) electrons. The lowest BCUT2D eigenvalue weighted by Crippen LogP contribution is -2.27. The molecule has 2 aromatic carbocycles. The molecule has 1 atom stereocenters. The number of carbonyl (C=O) groups is 1. The van der Waals surface area contributed by atoms with Crippen LogP contribution in [0.3, 0.4) is 0 Å². The predicted octanol–water partition coefficient (Wildman–Crippen LogP) is 4.03. The Morgan fingerprint density at radius 2 is 2.09 bits per heavy atom. The molecule has 34 heavy (non-hydrogen) atoms. The topological polar surface area (TPSA) is 114 Å². The lowest BCUT2D eigenvalue weighted by Gasteiger charge is -2.12. The Bertz CT molecular complexity index is 1170. The van der Waals surface area contributed by atoms with Crippen LogP contribution in [0.25, 0.3) is 0 Å². The standard InChI is InChI=1S/C23H25IN6O3S/c1-4-12-30-20(14-25-18-10-8-17(24)9-11-18)27-29-23(30)34-15(2)22(32)28-26-13-16-6-5-7-19(33-3)21(16)31/h4-11,13,15,25,31H,1,12,14H2,2-3H3,(H,28,32)/b26-13-. The third-order valence-corrected chi connectivity index (χ3v) is 6.48. The van der Waals surface area contributed by atoms with Gasteiger partial charge in [-0.15, -0.1) is 16.8 Å². The average molecular weight is 592 g/mol. The number of benzene rings is 2. The van der Waals surface area contributed by atoms with Crippen LogP contribution in [0.2, 0.25) is 0 Å². The van der Waals surface area contributed by atoms with Gasteiger partial charge in [-0.25, -0.2) is 5.43 Å². The molecule has 0 aliphatic rings. The molecule has 3 rings (SSSR count). The first-order chi connectivity index (χ1) is 16.4. The van der Waals surface area contributed by atoms with Crippen LogP contribution in [0.15, 0.2) is 65.4 Å². The van der Waals surface area contributed by atoms with Gasteiger partial charge in [0.05, 0.1) is 25.1 Å². The summed E-state index contributed by atoms with van der Waals surface area (Å²) in [5, 5.41) is 26.1. The number of amides is 1. The maximum absolute atomic E-state index is 12.5. The van der Waals surface area contributed by atoms with Crippen LogP contribution < -0.4 is 15.5 Å². The van der Waals surface area contributed by atoms with E-state index >= 15 is 0 Å². The fourth-order valence-electron chi connectivity index (χ4n) is 2.87. The van der Waals surface area contributed by atoms with E-state index in [1.54, 1.807) is 31.2 Å². The number of para-hydroxylation sites is 1. The second-order valence-corrected chi connectivity index (χ2v) is 9.60. The van der Waals surface area contributed by atoms with Crippen LogP contribution in [-0.4, -0.2) is 44.4 Å². The number of phenolic OH excluding ortho intramolecular Hbond substituents is 1. The SMILES string of the molecule is C=CCn1c(CNc2ccc(I)cc2)nnc1SC(C)C(=O)N/N=C\c1cccc(OC)c1O.